The normalized spacial score (nSPS) is 10.7. The van der Waals surface area contributed by atoms with E-state index in [0.29, 0.717) is 11.8 Å². The second kappa shape index (κ2) is 5.06. The molecule has 2 rings (SSSR count). The van der Waals surface area contributed by atoms with Gasteiger partial charge >= 0.3 is 0 Å². The van der Waals surface area contributed by atoms with Gasteiger partial charge in [-0.3, -0.25) is 0 Å². The fourth-order valence-electron chi connectivity index (χ4n) is 1.97. The van der Waals surface area contributed by atoms with E-state index in [4.69, 9.17) is 4.74 Å². The Bertz CT molecular complexity index is 580. The van der Waals surface area contributed by atoms with Crippen LogP contribution in [0.4, 0.5) is 0 Å². The molecule has 0 aliphatic rings. The number of ether oxygens (including phenoxy) is 1. The molecular weight excluding hydrogens is 296 g/mol. The Kier molecular flexibility index (Phi) is 3.65. The average Bonchev–Trinajstić information content (AvgIpc) is 2.65. The summed E-state index contributed by atoms with van der Waals surface area (Å²) in [4.78, 5) is 8.60. The molecular formula is C12H15BrN4O. The van der Waals surface area contributed by atoms with Crippen molar-refractivity contribution in [1.29, 1.82) is 0 Å². The molecule has 96 valence electrons. The van der Waals surface area contributed by atoms with Gasteiger partial charge in [-0.15, -0.1) is 0 Å². The third kappa shape index (κ3) is 2.12. The zero-order valence-corrected chi connectivity index (χ0v) is 12.4. The quantitative estimate of drug-likeness (QED) is 0.874. The van der Waals surface area contributed by atoms with Crippen LogP contribution >= 0.6 is 15.9 Å². The first-order chi connectivity index (χ1) is 8.58. The Hall–Kier alpha value is -1.43. The lowest BCUT2D eigenvalue weighted by molar-refractivity contribution is 0.392. The number of hydrogen-bond acceptors (Lipinski definition) is 4. The van der Waals surface area contributed by atoms with Crippen molar-refractivity contribution in [3.63, 3.8) is 0 Å². The fourth-order valence-corrected chi connectivity index (χ4v) is 2.32. The van der Waals surface area contributed by atoms with Crippen molar-refractivity contribution < 1.29 is 4.74 Å². The maximum Gasteiger partial charge on any atom is 0.254 e. The molecule has 0 unspecified atom stereocenters. The summed E-state index contributed by atoms with van der Waals surface area (Å²) in [6, 6.07) is 0. The standard InChI is InChI=1S/C12H15BrN4O/c1-5-9-7(2)16-17(8(9)3)12-14-6-10(13)11(15-12)18-4/h6H,5H2,1-4H3. The summed E-state index contributed by atoms with van der Waals surface area (Å²) in [5, 5.41) is 4.48. The number of methoxy groups -OCH3 is 1. The van der Waals surface area contributed by atoms with Gasteiger partial charge in [0, 0.05) is 5.69 Å². The predicted molar refractivity (Wildman–Crippen MR) is 72.3 cm³/mol. The predicted octanol–water partition coefficient (Wildman–Crippen LogP) is 2.61. The van der Waals surface area contributed by atoms with E-state index in [9.17, 15) is 0 Å². The molecule has 18 heavy (non-hydrogen) atoms. The molecule has 0 aliphatic heterocycles. The first-order valence-corrected chi connectivity index (χ1v) is 6.49. The highest BCUT2D eigenvalue weighted by molar-refractivity contribution is 9.10. The highest BCUT2D eigenvalue weighted by Gasteiger charge is 2.14. The molecule has 0 N–H and O–H groups in total. The van der Waals surface area contributed by atoms with Crippen molar-refractivity contribution in [2.75, 3.05) is 7.11 Å². The molecule has 0 aliphatic carbocycles. The number of hydrogen-bond donors (Lipinski definition) is 0. The average molecular weight is 311 g/mol. The zero-order chi connectivity index (χ0) is 13.3. The van der Waals surface area contributed by atoms with Gasteiger partial charge in [0.2, 0.25) is 5.88 Å². The van der Waals surface area contributed by atoms with Crippen LogP contribution < -0.4 is 4.74 Å². The zero-order valence-electron chi connectivity index (χ0n) is 10.9. The molecule has 0 atom stereocenters. The van der Waals surface area contributed by atoms with Crippen molar-refractivity contribution in [3.05, 3.63) is 27.6 Å². The van der Waals surface area contributed by atoms with Crippen molar-refractivity contribution in [2.24, 2.45) is 0 Å². The maximum atomic E-state index is 5.17. The topological polar surface area (TPSA) is 52.8 Å². The number of halogens is 1. The van der Waals surface area contributed by atoms with E-state index in [1.807, 2.05) is 13.8 Å². The summed E-state index contributed by atoms with van der Waals surface area (Å²) in [6.07, 6.45) is 2.62. The van der Waals surface area contributed by atoms with Crippen LogP contribution in [0.25, 0.3) is 5.95 Å². The first-order valence-electron chi connectivity index (χ1n) is 5.70. The van der Waals surface area contributed by atoms with Gasteiger partial charge < -0.3 is 4.74 Å². The maximum absolute atomic E-state index is 5.17. The van der Waals surface area contributed by atoms with Crippen LogP contribution in [0.3, 0.4) is 0 Å². The van der Waals surface area contributed by atoms with Gasteiger partial charge in [-0.1, -0.05) is 6.92 Å². The van der Waals surface area contributed by atoms with Crippen LogP contribution in [0.2, 0.25) is 0 Å². The van der Waals surface area contributed by atoms with Crippen molar-refractivity contribution >= 4 is 15.9 Å². The third-order valence-electron chi connectivity index (χ3n) is 2.88. The molecule has 6 heteroatoms. The SMILES string of the molecule is CCc1c(C)nn(-c2ncc(Br)c(OC)n2)c1C. The molecule has 2 aromatic rings. The van der Waals surface area contributed by atoms with Crippen LogP contribution in [-0.4, -0.2) is 26.9 Å². The number of aryl methyl sites for hydroxylation is 1. The minimum atomic E-state index is 0.505. The molecule has 0 saturated carbocycles. The second-order valence-corrected chi connectivity index (χ2v) is 4.80. The Balaban J connectivity index is 2.55. The van der Waals surface area contributed by atoms with Gasteiger partial charge in [0.05, 0.1) is 23.5 Å². The van der Waals surface area contributed by atoms with Gasteiger partial charge in [-0.2, -0.15) is 10.1 Å². The first kappa shape index (κ1) is 13.0. The van der Waals surface area contributed by atoms with Crippen molar-refractivity contribution in [2.45, 2.75) is 27.2 Å². The molecule has 0 saturated heterocycles. The van der Waals surface area contributed by atoms with E-state index in [1.165, 1.54) is 5.56 Å². The lowest BCUT2D eigenvalue weighted by atomic mass is 10.1. The lowest BCUT2D eigenvalue weighted by Crippen LogP contribution is -2.06. The molecule has 2 aromatic heterocycles. The van der Waals surface area contributed by atoms with Crippen molar-refractivity contribution in [3.8, 4) is 11.8 Å². The number of rotatable bonds is 3. The van der Waals surface area contributed by atoms with Gasteiger partial charge in [0.25, 0.3) is 5.95 Å². The van der Waals surface area contributed by atoms with Crippen LogP contribution in [0.5, 0.6) is 5.88 Å². The summed E-state index contributed by atoms with van der Waals surface area (Å²) in [6.45, 7) is 6.14. The monoisotopic (exact) mass is 310 g/mol. The van der Waals surface area contributed by atoms with Gasteiger partial charge in [0.15, 0.2) is 0 Å². The molecule has 2 heterocycles. The van der Waals surface area contributed by atoms with E-state index >= 15 is 0 Å². The summed E-state index contributed by atoms with van der Waals surface area (Å²) in [7, 11) is 1.58. The molecule has 0 spiro atoms. The minimum Gasteiger partial charge on any atom is -0.480 e. The number of nitrogens with zero attached hydrogens (tertiary/aromatic N) is 4. The van der Waals surface area contributed by atoms with Crippen LogP contribution in [0.1, 0.15) is 23.9 Å². The fraction of sp³-hybridized carbons (Fsp3) is 0.417. The molecule has 0 aromatic carbocycles. The molecule has 0 fully saturated rings. The third-order valence-corrected chi connectivity index (χ3v) is 3.42. The Morgan fingerprint density at radius 3 is 2.67 bits per heavy atom. The number of aromatic nitrogens is 4. The van der Waals surface area contributed by atoms with Gasteiger partial charge in [-0.25, -0.2) is 9.67 Å². The van der Waals surface area contributed by atoms with E-state index in [2.05, 4.69) is 37.9 Å². The summed E-state index contributed by atoms with van der Waals surface area (Å²) in [5.74, 6) is 1.03. The summed E-state index contributed by atoms with van der Waals surface area (Å²) in [5.41, 5.74) is 3.32. The van der Waals surface area contributed by atoms with Crippen LogP contribution in [-0.2, 0) is 6.42 Å². The van der Waals surface area contributed by atoms with E-state index < -0.39 is 0 Å². The largest absolute Gasteiger partial charge is 0.480 e. The Labute approximate surface area is 114 Å². The Morgan fingerprint density at radius 2 is 2.11 bits per heavy atom. The van der Waals surface area contributed by atoms with E-state index in [0.717, 1.165) is 22.3 Å². The molecule has 5 nitrogen and oxygen atoms in total. The smallest absolute Gasteiger partial charge is 0.254 e. The van der Waals surface area contributed by atoms with Crippen LogP contribution in [0, 0.1) is 13.8 Å². The van der Waals surface area contributed by atoms with Gasteiger partial charge in [-0.05, 0) is 41.8 Å². The minimum absolute atomic E-state index is 0.505. The highest BCUT2D eigenvalue weighted by atomic mass is 79.9. The van der Waals surface area contributed by atoms with E-state index in [-0.39, 0.29) is 0 Å². The highest BCUT2D eigenvalue weighted by Crippen LogP contribution is 2.23. The Morgan fingerprint density at radius 1 is 1.39 bits per heavy atom. The lowest BCUT2D eigenvalue weighted by Gasteiger charge is -2.06. The van der Waals surface area contributed by atoms with Gasteiger partial charge in [0.1, 0.15) is 0 Å². The van der Waals surface area contributed by atoms with Crippen molar-refractivity contribution in [1.82, 2.24) is 19.7 Å². The molecule has 0 amide bonds. The second-order valence-electron chi connectivity index (χ2n) is 3.94. The van der Waals surface area contributed by atoms with E-state index in [1.54, 1.807) is 18.0 Å². The molecule has 0 radical (unpaired) electrons. The summed E-state index contributed by atoms with van der Waals surface area (Å²) < 4.78 is 7.65. The van der Waals surface area contributed by atoms with Crippen LogP contribution in [0.15, 0.2) is 10.7 Å². The molecule has 0 bridgehead atoms. The summed E-state index contributed by atoms with van der Waals surface area (Å²) >= 11 is 3.34.